The van der Waals surface area contributed by atoms with Crippen molar-refractivity contribution < 1.29 is 14.3 Å². The van der Waals surface area contributed by atoms with Crippen molar-refractivity contribution in [3.63, 3.8) is 0 Å². The molecule has 0 unspecified atom stereocenters. The summed E-state index contributed by atoms with van der Waals surface area (Å²) in [6.45, 7) is 3.51. The number of carbonyl (C=O) groups excluding carboxylic acids is 2. The molecule has 0 aliphatic carbocycles. The topological polar surface area (TPSA) is 58.6 Å². The molecule has 102 valence electrons. The minimum atomic E-state index is -0.205. The number of amides is 2. The fourth-order valence-electron chi connectivity index (χ4n) is 2.16. The van der Waals surface area contributed by atoms with E-state index in [2.05, 4.69) is 5.32 Å². The molecule has 1 aliphatic heterocycles. The van der Waals surface area contributed by atoms with Crippen LogP contribution in [0.4, 0.5) is 10.5 Å². The van der Waals surface area contributed by atoms with Crippen LogP contribution >= 0.6 is 0 Å². The minimum Gasteiger partial charge on any atom is -0.466 e. The van der Waals surface area contributed by atoms with Crippen molar-refractivity contribution in [2.24, 2.45) is 0 Å². The van der Waals surface area contributed by atoms with E-state index in [1.807, 2.05) is 24.3 Å². The van der Waals surface area contributed by atoms with Crippen molar-refractivity contribution in [3.05, 3.63) is 29.8 Å². The summed E-state index contributed by atoms with van der Waals surface area (Å²) in [5.41, 5.74) is 1.87. The van der Waals surface area contributed by atoms with Gasteiger partial charge < -0.3 is 10.1 Å². The van der Waals surface area contributed by atoms with Gasteiger partial charge in [0.1, 0.15) is 0 Å². The van der Waals surface area contributed by atoms with Gasteiger partial charge in [-0.2, -0.15) is 0 Å². The summed E-state index contributed by atoms with van der Waals surface area (Å²) in [4.78, 5) is 24.8. The summed E-state index contributed by atoms with van der Waals surface area (Å²) < 4.78 is 4.92. The van der Waals surface area contributed by atoms with E-state index in [0.717, 1.165) is 11.3 Å². The van der Waals surface area contributed by atoms with Crippen molar-refractivity contribution in [1.29, 1.82) is 0 Å². The van der Waals surface area contributed by atoms with Crippen LogP contribution in [0.1, 0.15) is 18.9 Å². The third-order valence-electron chi connectivity index (χ3n) is 3.04. The van der Waals surface area contributed by atoms with Crippen LogP contribution in [0.15, 0.2) is 24.3 Å². The molecule has 1 aliphatic rings. The summed E-state index contributed by atoms with van der Waals surface area (Å²) in [7, 11) is 0. The summed E-state index contributed by atoms with van der Waals surface area (Å²) >= 11 is 0. The molecule has 0 radical (unpaired) electrons. The quantitative estimate of drug-likeness (QED) is 0.822. The molecule has 2 rings (SSSR count). The molecule has 5 heteroatoms. The zero-order valence-electron chi connectivity index (χ0n) is 11.0. The fourth-order valence-corrected chi connectivity index (χ4v) is 2.16. The van der Waals surface area contributed by atoms with E-state index in [1.165, 1.54) is 0 Å². The van der Waals surface area contributed by atoms with Gasteiger partial charge in [0.2, 0.25) is 0 Å². The number of urea groups is 1. The van der Waals surface area contributed by atoms with Gasteiger partial charge >= 0.3 is 12.0 Å². The number of benzene rings is 1. The highest BCUT2D eigenvalue weighted by Gasteiger charge is 2.23. The zero-order valence-corrected chi connectivity index (χ0v) is 11.0. The highest BCUT2D eigenvalue weighted by molar-refractivity contribution is 5.94. The van der Waals surface area contributed by atoms with Crippen LogP contribution in [0.25, 0.3) is 0 Å². The Labute approximate surface area is 112 Å². The number of nitrogens with zero attached hydrogens (tertiary/aromatic N) is 1. The smallest absolute Gasteiger partial charge is 0.322 e. The number of rotatable bonds is 5. The van der Waals surface area contributed by atoms with Crippen molar-refractivity contribution in [3.8, 4) is 0 Å². The van der Waals surface area contributed by atoms with Gasteiger partial charge in [-0.25, -0.2) is 4.79 Å². The normalized spacial score (nSPS) is 14.4. The maximum Gasteiger partial charge on any atom is 0.322 e. The van der Waals surface area contributed by atoms with E-state index in [4.69, 9.17) is 4.74 Å². The van der Waals surface area contributed by atoms with E-state index >= 15 is 0 Å². The lowest BCUT2D eigenvalue weighted by Gasteiger charge is -2.18. The fraction of sp³-hybridized carbons (Fsp3) is 0.429. The maximum absolute atomic E-state index is 11.7. The number of esters is 1. The van der Waals surface area contributed by atoms with Gasteiger partial charge in [-0.1, -0.05) is 18.2 Å². The van der Waals surface area contributed by atoms with Gasteiger partial charge in [0.05, 0.1) is 6.61 Å². The summed E-state index contributed by atoms with van der Waals surface area (Å²) in [5, 5.41) is 2.78. The number of anilines is 1. The first-order chi connectivity index (χ1) is 9.22. The summed E-state index contributed by atoms with van der Waals surface area (Å²) in [6, 6.07) is 7.58. The van der Waals surface area contributed by atoms with Crippen LogP contribution in [0.3, 0.4) is 0 Å². The van der Waals surface area contributed by atoms with Crippen molar-refractivity contribution >= 4 is 17.7 Å². The monoisotopic (exact) mass is 262 g/mol. The van der Waals surface area contributed by atoms with Crippen LogP contribution in [-0.2, 0) is 16.0 Å². The Kier molecular flexibility index (Phi) is 4.39. The zero-order chi connectivity index (χ0) is 13.7. The molecule has 2 amide bonds. The van der Waals surface area contributed by atoms with Crippen LogP contribution in [0.5, 0.6) is 0 Å². The van der Waals surface area contributed by atoms with Crippen molar-refractivity contribution in [1.82, 2.24) is 5.32 Å². The average Bonchev–Trinajstić information content (AvgIpc) is 2.83. The molecule has 19 heavy (non-hydrogen) atoms. The number of aryl methyl sites for hydroxylation is 1. The van der Waals surface area contributed by atoms with E-state index in [1.54, 1.807) is 11.8 Å². The van der Waals surface area contributed by atoms with Gasteiger partial charge in [0, 0.05) is 25.2 Å². The second-order valence-electron chi connectivity index (χ2n) is 4.32. The molecule has 1 N–H and O–H groups in total. The second kappa shape index (κ2) is 6.22. The maximum atomic E-state index is 11.7. The standard InChI is InChI=1S/C14H18N2O3/c1-2-19-13(17)8-7-11-5-3-4-6-12(11)16-10-9-15-14(16)18/h3-6H,2,7-10H2,1H3,(H,15,18). The molecular weight excluding hydrogens is 244 g/mol. The average molecular weight is 262 g/mol. The third-order valence-corrected chi connectivity index (χ3v) is 3.04. The first kappa shape index (κ1) is 13.4. The van der Waals surface area contributed by atoms with E-state index < -0.39 is 0 Å². The number of hydrogen-bond acceptors (Lipinski definition) is 3. The second-order valence-corrected chi connectivity index (χ2v) is 4.32. The lowest BCUT2D eigenvalue weighted by Crippen LogP contribution is -2.28. The molecule has 1 aromatic rings. The van der Waals surface area contributed by atoms with Crippen LogP contribution in [0, 0.1) is 0 Å². The van der Waals surface area contributed by atoms with Crippen LogP contribution in [-0.4, -0.2) is 31.7 Å². The number of nitrogens with one attached hydrogen (secondary N) is 1. The Morgan fingerprint density at radius 3 is 2.89 bits per heavy atom. The minimum absolute atomic E-state index is 0.0800. The number of para-hydroxylation sites is 1. The van der Waals surface area contributed by atoms with Gasteiger partial charge in [-0.3, -0.25) is 9.69 Å². The molecule has 1 saturated heterocycles. The Hall–Kier alpha value is -2.04. The highest BCUT2D eigenvalue weighted by atomic mass is 16.5. The van der Waals surface area contributed by atoms with Gasteiger partial charge in [0.15, 0.2) is 0 Å². The Morgan fingerprint density at radius 1 is 1.42 bits per heavy atom. The Morgan fingerprint density at radius 2 is 2.21 bits per heavy atom. The van der Waals surface area contributed by atoms with Crippen molar-refractivity contribution in [2.45, 2.75) is 19.8 Å². The van der Waals surface area contributed by atoms with Gasteiger partial charge in [-0.05, 0) is 25.0 Å². The van der Waals surface area contributed by atoms with Crippen LogP contribution < -0.4 is 10.2 Å². The Balaban J connectivity index is 2.08. The Bertz CT molecular complexity index is 474. The third kappa shape index (κ3) is 3.24. The van der Waals surface area contributed by atoms with Crippen molar-refractivity contribution in [2.75, 3.05) is 24.6 Å². The number of carbonyl (C=O) groups is 2. The summed E-state index contributed by atoms with van der Waals surface area (Å²) in [6.07, 6.45) is 0.916. The molecule has 0 saturated carbocycles. The van der Waals surface area contributed by atoms with Gasteiger partial charge in [0.25, 0.3) is 0 Å². The molecular formula is C14H18N2O3. The molecule has 1 heterocycles. The van der Waals surface area contributed by atoms with Gasteiger partial charge in [-0.15, -0.1) is 0 Å². The highest BCUT2D eigenvalue weighted by Crippen LogP contribution is 2.23. The molecule has 0 spiro atoms. The number of hydrogen-bond donors (Lipinski definition) is 1. The van der Waals surface area contributed by atoms with E-state index in [9.17, 15) is 9.59 Å². The molecule has 1 fully saturated rings. The predicted molar refractivity (Wildman–Crippen MR) is 72.1 cm³/mol. The van der Waals surface area contributed by atoms with E-state index in [0.29, 0.717) is 32.5 Å². The molecule has 1 aromatic carbocycles. The largest absolute Gasteiger partial charge is 0.466 e. The predicted octanol–water partition coefficient (Wildman–Crippen LogP) is 1.71. The lowest BCUT2D eigenvalue weighted by molar-refractivity contribution is -0.143. The SMILES string of the molecule is CCOC(=O)CCc1ccccc1N1CCNC1=O. The number of ether oxygens (including phenoxy) is 1. The molecule has 0 atom stereocenters. The molecule has 0 bridgehead atoms. The van der Waals surface area contributed by atoms with E-state index in [-0.39, 0.29) is 12.0 Å². The summed E-state index contributed by atoms with van der Waals surface area (Å²) in [5.74, 6) is -0.205. The molecule has 5 nitrogen and oxygen atoms in total. The first-order valence-electron chi connectivity index (χ1n) is 6.51. The van der Waals surface area contributed by atoms with Crippen LogP contribution in [0.2, 0.25) is 0 Å². The molecule has 0 aromatic heterocycles. The lowest BCUT2D eigenvalue weighted by atomic mass is 10.1. The first-order valence-corrected chi connectivity index (χ1v) is 6.51.